The second kappa shape index (κ2) is 5.92. The summed E-state index contributed by atoms with van der Waals surface area (Å²) < 4.78 is 0. The van der Waals surface area contributed by atoms with E-state index in [-0.39, 0.29) is 0 Å². The lowest BCUT2D eigenvalue weighted by Gasteiger charge is -1.88. The van der Waals surface area contributed by atoms with Crippen LogP contribution in [0.2, 0.25) is 0 Å². The molecule has 0 aliphatic heterocycles. The fraction of sp³-hybridized carbons (Fsp3) is 0. The van der Waals surface area contributed by atoms with Crippen molar-refractivity contribution in [2.24, 2.45) is 5.16 Å². The number of rotatable bonds is 2. The molecule has 0 aliphatic rings. The Kier molecular flexibility index (Phi) is 4.00. The Bertz CT molecular complexity index is 520. The van der Waals surface area contributed by atoms with Crippen LogP contribution in [0, 0.1) is 0 Å². The van der Waals surface area contributed by atoms with E-state index in [1.807, 2.05) is 66.0 Å². The van der Waals surface area contributed by atoms with E-state index in [9.17, 15) is 0 Å². The number of benzene rings is 2. The third-order valence-electron chi connectivity index (χ3n) is 2.22. The smallest absolute Gasteiger partial charge is 0.362 e. The lowest BCUT2D eigenvalue weighted by atomic mass is 10.2. The van der Waals surface area contributed by atoms with Gasteiger partial charge in [0.15, 0.2) is 0 Å². The van der Waals surface area contributed by atoms with Gasteiger partial charge in [-0.2, -0.15) is 0 Å². The van der Waals surface area contributed by atoms with Crippen molar-refractivity contribution >= 4 is 21.8 Å². The minimum absolute atomic E-state index is 0.592. The molecule has 0 unspecified atom stereocenters. The molecule has 1 N–H and O–H groups in total. The number of oxime groups is 1. The Hall–Kier alpha value is -2.00. The maximum atomic E-state index is 9.00. The van der Waals surface area contributed by atoms with Crippen LogP contribution in [0.4, 0.5) is 0 Å². The van der Waals surface area contributed by atoms with E-state index >= 15 is 0 Å². The highest BCUT2D eigenvalue weighted by atomic mass is 32.1. The Morgan fingerprint density at radius 2 is 1.53 bits per heavy atom. The summed E-state index contributed by atoms with van der Waals surface area (Å²) in [6.07, 6.45) is 0. The summed E-state index contributed by atoms with van der Waals surface area (Å²) in [5.74, 6) is 0. The van der Waals surface area contributed by atoms with Gasteiger partial charge in [-0.1, -0.05) is 36.4 Å². The number of nitrogens with zero attached hydrogens (tertiary/aromatic N) is 1. The van der Waals surface area contributed by atoms with Crippen LogP contribution >= 0.6 is 0 Å². The van der Waals surface area contributed by atoms with E-state index in [1.165, 1.54) is 11.4 Å². The van der Waals surface area contributed by atoms with Crippen LogP contribution in [0.5, 0.6) is 0 Å². The Morgan fingerprint density at radius 3 is 2.12 bits per heavy atom. The number of hydrogen-bond acceptors (Lipinski definition) is 2. The summed E-state index contributed by atoms with van der Waals surface area (Å²) in [6.45, 7) is 0. The molecule has 2 aromatic carbocycles. The summed E-state index contributed by atoms with van der Waals surface area (Å²) in [7, 11) is 0. The van der Waals surface area contributed by atoms with Gasteiger partial charge in [0, 0.05) is 5.56 Å². The van der Waals surface area contributed by atoms with Crippen LogP contribution in [0.15, 0.2) is 65.8 Å². The molecule has 2 aromatic rings. The zero-order valence-corrected chi connectivity index (χ0v) is 9.97. The molecular formula is C14H12NOS+. The highest BCUT2D eigenvalue weighted by molar-refractivity contribution is 7.94. The van der Waals surface area contributed by atoms with Crippen LogP contribution < -0.4 is 0 Å². The molecule has 17 heavy (non-hydrogen) atoms. The van der Waals surface area contributed by atoms with Crippen LogP contribution in [-0.4, -0.2) is 15.6 Å². The van der Waals surface area contributed by atoms with Crippen molar-refractivity contribution in [3.8, 4) is 0 Å². The van der Waals surface area contributed by atoms with E-state index in [0.29, 0.717) is 5.04 Å². The summed E-state index contributed by atoms with van der Waals surface area (Å²) in [5, 5.41) is 14.9. The molecular weight excluding hydrogens is 230 g/mol. The van der Waals surface area contributed by atoms with Crippen LogP contribution in [-0.2, 0) is 11.4 Å². The molecule has 0 spiro atoms. The molecule has 84 valence electrons. The maximum Gasteiger partial charge on any atom is 0.362 e. The first-order chi connectivity index (χ1) is 8.40. The zero-order valence-electron chi connectivity index (χ0n) is 9.15. The normalized spacial score (nSPS) is 11.9. The monoisotopic (exact) mass is 242 g/mol. The third kappa shape index (κ3) is 3.23. The zero-order chi connectivity index (χ0) is 11.9. The third-order valence-corrected chi connectivity index (χ3v) is 3.15. The molecule has 0 fully saturated rings. The van der Waals surface area contributed by atoms with Crippen molar-refractivity contribution in [1.82, 2.24) is 0 Å². The molecule has 2 rings (SSSR count). The molecule has 0 amide bonds. The first kappa shape index (κ1) is 11.5. The van der Waals surface area contributed by atoms with Gasteiger partial charge in [-0.15, -0.1) is 0 Å². The molecule has 0 aliphatic carbocycles. The molecule has 0 atom stereocenters. The number of hydrogen-bond donors (Lipinski definition) is 1. The quantitative estimate of drug-likeness (QED) is 0.215. The predicted octanol–water partition coefficient (Wildman–Crippen LogP) is 2.76. The van der Waals surface area contributed by atoms with Gasteiger partial charge in [0.2, 0.25) is 16.7 Å². The molecule has 3 heteroatoms. The van der Waals surface area contributed by atoms with Gasteiger partial charge in [-0.05, 0) is 29.4 Å². The van der Waals surface area contributed by atoms with Gasteiger partial charge < -0.3 is 5.21 Å². The molecule has 0 radical (unpaired) electrons. The van der Waals surface area contributed by atoms with E-state index in [2.05, 4.69) is 5.16 Å². The van der Waals surface area contributed by atoms with E-state index in [4.69, 9.17) is 5.21 Å². The molecule has 0 aromatic heterocycles. The lowest BCUT2D eigenvalue weighted by Crippen LogP contribution is -2.00. The second-order valence-corrected chi connectivity index (χ2v) is 4.28. The van der Waals surface area contributed by atoms with Crippen LogP contribution in [0.1, 0.15) is 11.1 Å². The average molecular weight is 242 g/mol. The average Bonchev–Trinajstić information content (AvgIpc) is 2.42. The Morgan fingerprint density at radius 1 is 0.941 bits per heavy atom. The summed E-state index contributed by atoms with van der Waals surface area (Å²) >= 11 is 1.40. The van der Waals surface area contributed by atoms with Gasteiger partial charge in [0.1, 0.15) is 0 Å². The fourth-order valence-corrected chi connectivity index (χ4v) is 2.11. The summed E-state index contributed by atoms with van der Waals surface area (Å²) in [4.78, 5) is 0. The van der Waals surface area contributed by atoms with Crippen molar-refractivity contribution in [2.75, 3.05) is 0 Å². The highest BCUT2D eigenvalue weighted by Crippen LogP contribution is 2.01. The largest absolute Gasteiger partial charge is 0.406 e. The van der Waals surface area contributed by atoms with Gasteiger partial charge in [0.25, 0.3) is 0 Å². The van der Waals surface area contributed by atoms with Gasteiger partial charge in [-0.3, -0.25) is 0 Å². The standard InChI is InChI=1S/C14H11NOS/c16-15-14(13-9-5-2-6-10-13)17-11-12-7-3-1-4-8-12/h1-11H/p+1/b15-14-. The van der Waals surface area contributed by atoms with E-state index in [0.717, 1.165) is 11.1 Å². The van der Waals surface area contributed by atoms with E-state index < -0.39 is 0 Å². The Balaban J connectivity index is 2.20. The molecule has 2 nitrogen and oxygen atoms in total. The maximum absolute atomic E-state index is 9.00. The minimum Gasteiger partial charge on any atom is -0.406 e. The molecule has 0 heterocycles. The van der Waals surface area contributed by atoms with E-state index in [1.54, 1.807) is 0 Å². The first-order valence-corrected chi connectivity index (χ1v) is 6.10. The molecule has 0 saturated carbocycles. The van der Waals surface area contributed by atoms with Gasteiger partial charge in [0.05, 0.1) is 5.56 Å². The second-order valence-electron chi connectivity index (χ2n) is 3.42. The predicted molar refractivity (Wildman–Crippen MR) is 73.7 cm³/mol. The van der Waals surface area contributed by atoms with Crippen molar-refractivity contribution < 1.29 is 5.21 Å². The lowest BCUT2D eigenvalue weighted by molar-refractivity contribution is 0.321. The van der Waals surface area contributed by atoms with Crippen molar-refractivity contribution in [3.63, 3.8) is 0 Å². The van der Waals surface area contributed by atoms with Gasteiger partial charge >= 0.3 is 5.04 Å². The first-order valence-electron chi connectivity index (χ1n) is 5.22. The Labute approximate surface area is 104 Å². The molecule has 0 saturated heterocycles. The van der Waals surface area contributed by atoms with Gasteiger partial charge in [-0.25, -0.2) is 0 Å². The van der Waals surface area contributed by atoms with Crippen LogP contribution in [0.25, 0.3) is 0 Å². The summed E-state index contributed by atoms with van der Waals surface area (Å²) in [5.41, 5.74) is 2.00. The minimum atomic E-state index is 0.592. The SMILES string of the molecule is O/N=C(\[S+]=Cc1ccccc1)c1ccccc1. The topological polar surface area (TPSA) is 32.6 Å². The fourth-order valence-electron chi connectivity index (χ4n) is 1.39. The van der Waals surface area contributed by atoms with Crippen molar-refractivity contribution in [2.45, 2.75) is 0 Å². The van der Waals surface area contributed by atoms with Crippen molar-refractivity contribution in [1.29, 1.82) is 0 Å². The van der Waals surface area contributed by atoms with Crippen molar-refractivity contribution in [3.05, 3.63) is 71.8 Å². The molecule has 0 bridgehead atoms. The highest BCUT2D eigenvalue weighted by Gasteiger charge is 2.13. The van der Waals surface area contributed by atoms with Crippen LogP contribution in [0.3, 0.4) is 0 Å². The summed E-state index contributed by atoms with van der Waals surface area (Å²) in [6, 6.07) is 19.6.